The molecule has 16 heavy (non-hydrogen) atoms. The standard InChI is InChI=1S/C11H18N2O3/c1-7-5-9(7)12-11(16)13-4-2-3-8(6-13)10(14)15/h7-9H,2-6H2,1H3,(H,12,16)(H,14,15). The van der Waals surface area contributed by atoms with E-state index in [9.17, 15) is 9.59 Å². The molecule has 3 unspecified atom stereocenters. The van der Waals surface area contributed by atoms with Crippen molar-refractivity contribution in [2.75, 3.05) is 13.1 Å². The van der Waals surface area contributed by atoms with Gasteiger partial charge in [-0.2, -0.15) is 0 Å². The number of urea groups is 1. The fraction of sp³-hybridized carbons (Fsp3) is 0.818. The molecule has 0 aromatic carbocycles. The maximum atomic E-state index is 11.8. The maximum Gasteiger partial charge on any atom is 0.317 e. The van der Waals surface area contributed by atoms with E-state index in [2.05, 4.69) is 12.2 Å². The normalized spacial score (nSPS) is 33.3. The van der Waals surface area contributed by atoms with E-state index in [0.29, 0.717) is 31.5 Å². The molecule has 1 heterocycles. The summed E-state index contributed by atoms with van der Waals surface area (Å²) in [6, 6.07) is 0.206. The number of piperidine rings is 1. The number of rotatable bonds is 2. The van der Waals surface area contributed by atoms with Gasteiger partial charge >= 0.3 is 12.0 Å². The zero-order valence-electron chi connectivity index (χ0n) is 9.48. The van der Waals surface area contributed by atoms with E-state index in [-0.39, 0.29) is 6.03 Å². The van der Waals surface area contributed by atoms with Crippen molar-refractivity contribution in [2.24, 2.45) is 11.8 Å². The Morgan fingerprint density at radius 1 is 1.44 bits per heavy atom. The highest BCUT2D eigenvalue weighted by Gasteiger charge is 2.36. The summed E-state index contributed by atoms with van der Waals surface area (Å²) in [5, 5.41) is 11.8. The van der Waals surface area contributed by atoms with E-state index in [4.69, 9.17) is 5.11 Å². The van der Waals surface area contributed by atoms with Gasteiger partial charge in [0.15, 0.2) is 0 Å². The molecule has 5 heteroatoms. The van der Waals surface area contributed by atoms with Crippen LogP contribution in [-0.2, 0) is 4.79 Å². The van der Waals surface area contributed by atoms with Gasteiger partial charge in [-0.05, 0) is 25.2 Å². The third-order valence-corrected chi connectivity index (χ3v) is 3.48. The van der Waals surface area contributed by atoms with Crippen molar-refractivity contribution < 1.29 is 14.7 Å². The van der Waals surface area contributed by atoms with Crippen LogP contribution in [-0.4, -0.2) is 41.1 Å². The molecule has 2 aliphatic rings. The summed E-state index contributed by atoms with van der Waals surface area (Å²) in [4.78, 5) is 24.3. The molecule has 0 aromatic rings. The average molecular weight is 226 g/mol. The molecule has 1 saturated carbocycles. The minimum Gasteiger partial charge on any atom is -0.481 e. The number of amides is 2. The van der Waals surface area contributed by atoms with Gasteiger partial charge in [0, 0.05) is 19.1 Å². The van der Waals surface area contributed by atoms with E-state index in [1.54, 1.807) is 4.90 Å². The lowest BCUT2D eigenvalue weighted by Gasteiger charge is -2.30. The van der Waals surface area contributed by atoms with Gasteiger partial charge in [0.25, 0.3) is 0 Å². The van der Waals surface area contributed by atoms with Gasteiger partial charge in [0.1, 0.15) is 0 Å². The molecule has 1 aliphatic carbocycles. The van der Waals surface area contributed by atoms with Crippen molar-refractivity contribution in [3.63, 3.8) is 0 Å². The summed E-state index contributed by atoms with van der Waals surface area (Å²) in [5.74, 6) is -0.613. The van der Waals surface area contributed by atoms with Crippen molar-refractivity contribution >= 4 is 12.0 Å². The molecule has 1 aliphatic heterocycles. The number of nitrogens with zero attached hydrogens (tertiary/aromatic N) is 1. The molecule has 2 N–H and O–H groups in total. The van der Waals surface area contributed by atoms with Crippen LogP contribution in [0.1, 0.15) is 26.2 Å². The molecule has 0 bridgehead atoms. The smallest absolute Gasteiger partial charge is 0.317 e. The SMILES string of the molecule is CC1CC1NC(=O)N1CCCC(C(=O)O)C1. The monoisotopic (exact) mass is 226 g/mol. The summed E-state index contributed by atoms with van der Waals surface area (Å²) in [6.07, 6.45) is 2.51. The Labute approximate surface area is 94.8 Å². The minimum atomic E-state index is -0.794. The molecular formula is C11H18N2O3. The van der Waals surface area contributed by atoms with Gasteiger partial charge < -0.3 is 15.3 Å². The van der Waals surface area contributed by atoms with E-state index in [1.807, 2.05) is 0 Å². The highest BCUT2D eigenvalue weighted by atomic mass is 16.4. The first kappa shape index (κ1) is 11.2. The lowest BCUT2D eigenvalue weighted by Crippen LogP contribution is -2.47. The molecule has 90 valence electrons. The summed E-state index contributed by atoms with van der Waals surface area (Å²) >= 11 is 0. The van der Waals surface area contributed by atoms with Crippen LogP contribution >= 0.6 is 0 Å². The highest BCUT2D eigenvalue weighted by Crippen LogP contribution is 2.29. The first-order chi connectivity index (χ1) is 7.58. The van der Waals surface area contributed by atoms with Crippen LogP contribution in [0.3, 0.4) is 0 Å². The number of nitrogens with one attached hydrogen (secondary N) is 1. The molecular weight excluding hydrogens is 208 g/mol. The fourth-order valence-electron chi connectivity index (χ4n) is 2.14. The molecule has 1 saturated heterocycles. The average Bonchev–Trinajstić information content (AvgIpc) is 2.94. The van der Waals surface area contributed by atoms with Crippen LogP contribution in [0, 0.1) is 11.8 Å². The lowest BCUT2D eigenvalue weighted by atomic mass is 9.99. The van der Waals surface area contributed by atoms with Crippen molar-refractivity contribution in [1.82, 2.24) is 10.2 Å². The Bertz CT molecular complexity index is 306. The van der Waals surface area contributed by atoms with Gasteiger partial charge in [-0.1, -0.05) is 6.92 Å². The zero-order chi connectivity index (χ0) is 11.7. The van der Waals surface area contributed by atoms with Crippen molar-refractivity contribution in [2.45, 2.75) is 32.2 Å². The number of aliphatic carboxylic acids is 1. The second kappa shape index (κ2) is 4.31. The number of carboxylic acids is 1. The van der Waals surface area contributed by atoms with Crippen LogP contribution in [0.2, 0.25) is 0 Å². The first-order valence-electron chi connectivity index (χ1n) is 5.86. The predicted octanol–water partition coefficient (Wildman–Crippen LogP) is 0.901. The van der Waals surface area contributed by atoms with Crippen LogP contribution in [0.15, 0.2) is 0 Å². The van der Waals surface area contributed by atoms with E-state index in [0.717, 1.165) is 12.8 Å². The number of likely N-dealkylation sites (tertiary alicyclic amines) is 1. The first-order valence-corrected chi connectivity index (χ1v) is 5.86. The third-order valence-electron chi connectivity index (χ3n) is 3.48. The zero-order valence-corrected chi connectivity index (χ0v) is 9.48. The summed E-state index contributed by atoms with van der Waals surface area (Å²) < 4.78 is 0. The van der Waals surface area contributed by atoms with E-state index in [1.165, 1.54) is 0 Å². The lowest BCUT2D eigenvalue weighted by molar-refractivity contribution is -0.143. The number of carbonyl (C=O) groups is 2. The molecule has 2 fully saturated rings. The minimum absolute atomic E-state index is 0.0969. The quantitative estimate of drug-likeness (QED) is 0.735. The Morgan fingerprint density at radius 3 is 2.69 bits per heavy atom. The number of hydrogen-bond donors (Lipinski definition) is 2. The summed E-state index contributed by atoms with van der Waals surface area (Å²) in [6.45, 7) is 3.13. The van der Waals surface area contributed by atoms with Crippen molar-refractivity contribution in [1.29, 1.82) is 0 Å². The molecule has 0 aromatic heterocycles. The number of carbonyl (C=O) groups excluding carboxylic acids is 1. The van der Waals surface area contributed by atoms with E-state index >= 15 is 0 Å². The Morgan fingerprint density at radius 2 is 2.12 bits per heavy atom. The van der Waals surface area contributed by atoms with Crippen LogP contribution in [0.4, 0.5) is 4.79 Å². The second-order valence-corrected chi connectivity index (χ2v) is 4.89. The third kappa shape index (κ3) is 2.46. The largest absolute Gasteiger partial charge is 0.481 e. The predicted molar refractivity (Wildman–Crippen MR) is 58.0 cm³/mol. The Hall–Kier alpha value is -1.26. The van der Waals surface area contributed by atoms with Gasteiger partial charge in [-0.15, -0.1) is 0 Å². The molecule has 3 atom stereocenters. The van der Waals surface area contributed by atoms with E-state index < -0.39 is 11.9 Å². The van der Waals surface area contributed by atoms with Gasteiger partial charge in [0.2, 0.25) is 0 Å². The summed E-state index contributed by atoms with van der Waals surface area (Å²) in [5.41, 5.74) is 0. The van der Waals surface area contributed by atoms with Crippen molar-refractivity contribution in [3.05, 3.63) is 0 Å². The Balaban J connectivity index is 1.83. The van der Waals surface area contributed by atoms with Gasteiger partial charge in [-0.3, -0.25) is 4.79 Å². The molecule has 0 spiro atoms. The number of carboxylic acid groups (broad SMARTS) is 1. The topological polar surface area (TPSA) is 69.6 Å². The fourth-order valence-corrected chi connectivity index (χ4v) is 2.14. The summed E-state index contributed by atoms with van der Waals surface area (Å²) in [7, 11) is 0. The maximum absolute atomic E-state index is 11.8. The second-order valence-electron chi connectivity index (χ2n) is 4.89. The highest BCUT2D eigenvalue weighted by molar-refractivity contribution is 5.77. The molecule has 2 amide bonds. The molecule has 2 rings (SSSR count). The van der Waals surface area contributed by atoms with Gasteiger partial charge in [0.05, 0.1) is 5.92 Å². The van der Waals surface area contributed by atoms with Crippen LogP contribution in [0.5, 0.6) is 0 Å². The van der Waals surface area contributed by atoms with Crippen LogP contribution < -0.4 is 5.32 Å². The number of hydrogen-bond acceptors (Lipinski definition) is 2. The van der Waals surface area contributed by atoms with Crippen LogP contribution in [0.25, 0.3) is 0 Å². The van der Waals surface area contributed by atoms with Gasteiger partial charge in [-0.25, -0.2) is 4.79 Å². The van der Waals surface area contributed by atoms with Crippen molar-refractivity contribution in [3.8, 4) is 0 Å². The molecule has 5 nitrogen and oxygen atoms in total. The molecule has 0 radical (unpaired) electrons. The Kier molecular flexibility index (Phi) is 3.03.